The van der Waals surface area contributed by atoms with Crippen molar-refractivity contribution in [3.8, 4) is 5.75 Å². The van der Waals surface area contributed by atoms with Crippen molar-refractivity contribution in [1.82, 2.24) is 5.32 Å². The highest BCUT2D eigenvalue weighted by Crippen LogP contribution is 2.24. The molecule has 1 aromatic carbocycles. The van der Waals surface area contributed by atoms with Gasteiger partial charge in [-0.25, -0.2) is 4.39 Å². The molecule has 1 aliphatic heterocycles. The molecule has 88 valence electrons. The van der Waals surface area contributed by atoms with Gasteiger partial charge in [0.2, 0.25) is 0 Å². The van der Waals surface area contributed by atoms with Gasteiger partial charge in [-0.2, -0.15) is 0 Å². The number of hydrogen-bond acceptors (Lipinski definition) is 3. The van der Waals surface area contributed by atoms with Crippen molar-refractivity contribution in [3.63, 3.8) is 0 Å². The molecule has 4 heteroatoms. The highest BCUT2D eigenvalue weighted by atomic mass is 19.1. The van der Waals surface area contributed by atoms with Gasteiger partial charge >= 0.3 is 0 Å². The first-order valence-electron chi connectivity index (χ1n) is 5.47. The van der Waals surface area contributed by atoms with Crippen LogP contribution >= 0.6 is 0 Å². The second-order valence-corrected chi connectivity index (χ2v) is 3.81. The van der Waals surface area contributed by atoms with Crippen LogP contribution in [0.2, 0.25) is 0 Å². The fourth-order valence-electron chi connectivity index (χ4n) is 1.81. The zero-order valence-corrected chi connectivity index (χ0v) is 9.33. The van der Waals surface area contributed by atoms with E-state index in [1.807, 2.05) is 6.07 Å². The summed E-state index contributed by atoms with van der Waals surface area (Å²) < 4.78 is 24.0. The van der Waals surface area contributed by atoms with Crippen molar-refractivity contribution in [1.29, 1.82) is 0 Å². The van der Waals surface area contributed by atoms with E-state index in [4.69, 9.17) is 9.47 Å². The van der Waals surface area contributed by atoms with Gasteiger partial charge < -0.3 is 14.8 Å². The smallest absolute Gasteiger partial charge is 0.165 e. The minimum absolute atomic E-state index is 0.0668. The van der Waals surface area contributed by atoms with E-state index in [-0.39, 0.29) is 17.7 Å². The number of rotatable bonds is 2. The van der Waals surface area contributed by atoms with Crippen LogP contribution in [0.25, 0.3) is 0 Å². The molecule has 1 N–H and O–H groups in total. The molecule has 0 aromatic heterocycles. The first-order valence-corrected chi connectivity index (χ1v) is 5.47. The Balaban J connectivity index is 2.16. The Morgan fingerprint density at radius 1 is 1.50 bits per heavy atom. The lowest BCUT2D eigenvalue weighted by Crippen LogP contribution is -2.20. The second-order valence-electron chi connectivity index (χ2n) is 3.81. The van der Waals surface area contributed by atoms with Crippen molar-refractivity contribution in [2.24, 2.45) is 0 Å². The predicted octanol–water partition coefficient (Wildman–Crippen LogP) is 1.89. The first kappa shape index (κ1) is 11.4. The molecular formula is C12H16FNO2. The van der Waals surface area contributed by atoms with E-state index in [9.17, 15) is 4.39 Å². The summed E-state index contributed by atoms with van der Waals surface area (Å²) in [5.74, 6) is -0.0711. The average molecular weight is 225 g/mol. The molecule has 1 atom stereocenters. The summed E-state index contributed by atoms with van der Waals surface area (Å²) in [5, 5.41) is 3.27. The van der Waals surface area contributed by atoms with Crippen LogP contribution in [0.15, 0.2) is 18.2 Å². The van der Waals surface area contributed by atoms with Crippen LogP contribution in [0.5, 0.6) is 5.75 Å². The van der Waals surface area contributed by atoms with Crippen molar-refractivity contribution in [3.05, 3.63) is 29.6 Å². The molecular weight excluding hydrogens is 209 g/mol. The zero-order valence-electron chi connectivity index (χ0n) is 9.33. The molecule has 0 saturated carbocycles. The third-order valence-corrected chi connectivity index (χ3v) is 2.69. The van der Waals surface area contributed by atoms with Gasteiger partial charge in [-0.3, -0.25) is 0 Å². The Morgan fingerprint density at radius 2 is 2.38 bits per heavy atom. The fraction of sp³-hybridized carbons (Fsp3) is 0.500. The highest BCUT2D eigenvalue weighted by Gasteiger charge is 2.16. The summed E-state index contributed by atoms with van der Waals surface area (Å²) in [5.41, 5.74) is 0.854. The van der Waals surface area contributed by atoms with E-state index in [0.717, 1.165) is 25.1 Å². The third kappa shape index (κ3) is 2.51. The molecule has 1 saturated heterocycles. The number of ether oxygens (including phenoxy) is 2. The summed E-state index contributed by atoms with van der Waals surface area (Å²) in [6.45, 7) is 2.40. The number of halogens is 1. The second kappa shape index (κ2) is 5.27. The lowest BCUT2D eigenvalue weighted by Gasteiger charge is -2.16. The summed E-state index contributed by atoms with van der Waals surface area (Å²) >= 11 is 0. The lowest BCUT2D eigenvalue weighted by atomic mass is 10.1. The van der Waals surface area contributed by atoms with E-state index < -0.39 is 0 Å². The van der Waals surface area contributed by atoms with Gasteiger partial charge in [0.25, 0.3) is 0 Å². The van der Waals surface area contributed by atoms with E-state index in [0.29, 0.717) is 6.61 Å². The molecule has 1 aliphatic rings. The Bertz CT molecular complexity index is 349. The van der Waals surface area contributed by atoms with Gasteiger partial charge in [-0.05, 0) is 30.7 Å². The van der Waals surface area contributed by atoms with Crippen LogP contribution in [0.4, 0.5) is 4.39 Å². The normalized spacial score (nSPS) is 21.5. The molecule has 0 radical (unpaired) electrons. The monoisotopic (exact) mass is 225 g/mol. The number of methoxy groups -OCH3 is 1. The van der Waals surface area contributed by atoms with E-state index in [1.54, 1.807) is 6.07 Å². The van der Waals surface area contributed by atoms with Crippen molar-refractivity contribution >= 4 is 0 Å². The minimum Gasteiger partial charge on any atom is -0.494 e. The van der Waals surface area contributed by atoms with Gasteiger partial charge in [0.1, 0.15) is 0 Å². The lowest BCUT2D eigenvalue weighted by molar-refractivity contribution is 0.0666. The Hall–Kier alpha value is -1.13. The molecule has 2 rings (SSSR count). The van der Waals surface area contributed by atoms with E-state index in [1.165, 1.54) is 13.2 Å². The van der Waals surface area contributed by atoms with Crippen LogP contribution in [0, 0.1) is 5.82 Å². The van der Waals surface area contributed by atoms with Crippen LogP contribution in [-0.2, 0) is 4.74 Å². The Morgan fingerprint density at radius 3 is 3.12 bits per heavy atom. The molecule has 16 heavy (non-hydrogen) atoms. The highest BCUT2D eigenvalue weighted by molar-refractivity contribution is 5.30. The van der Waals surface area contributed by atoms with Crippen LogP contribution in [-0.4, -0.2) is 26.8 Å². The number of hydrogen-bond donors (Lipinski definition) is 1. The van der Waals surface area contributed by atoms with Crippen LogP contribution in [0.3, 0.4) is 0 Å². The predicted molar refractivity (Wildman–Crippen MR) is 59.1 cm³/mol. The minimum atomic E-state index is -0.340. The molecule has 0 aliphatic carbocycles. The molecule has 1 heterocycles. The van der Waals surface area contributed by atoms with E-state index >= 15 is 0 Å². The summed E-state index contributed by atoms with van der Waals surface area (Å²) in [6, 6.07) is 4.97. The topological polar surface area (TPSA) is 30.5 Å². The molecule has 0 bridgehead atoms. The van der Waals surface area contributed by atoms with Crippen molar-refractivity contribution in [2.45, 2.75) is 12.5 Å². The molecule has 1 fully saturated rings. The summed E-state index contributed by atoms with van der Waals surface area (Å²) in [6.07, 6.45) is 0.928. The molecule has 0 amide bonds. The van der Waals surface area contributed by atoms with Crippen LogP contribution in [0.1, 0.15) is 18.1 Å². The molecule has 1 unspecified atom stereocenters. The molecule has 3 nitrogen and oxygen atoms in total. The molecule has 1 aromatic rings. The summed E-state index contributed by atoms with van der Waals surface area (Å²) in [7, 11) is 1.46. The Labute approximate surface area is 94.6 Å². The van der Waals surface area contributed by atoms with Gasteiger partial charge in [-0.1, -0.05) is 6.07 Å². The van der Waals surface area contributed by atoms with Gasteiger partial charge in [0, 0.05) is 13.2 Å². The van der Waals surface area contributed by atoms with Gasteiger partial charge in [0.15, 0.2) is 11.6 Å². The maximum Gasteiger partial charge on any atom is 0.165 e. The van der Waals surface area contributed by atoms with Gasteiger partial charge in [0.05, 0.1) is 13.2 Å². The maximum atomic E-state index is 13.5. The summed E-state index contributed by atoms with van der Waals surface area (Å²) in [4.78, 5) is 0. The average Bonchev–Trinajstić information content (AvgIpc) is 2.57. The Kier molecular flexibility index (Phi) is 3.74. The fourth-order valence-corrected chi connectivity index (χ4v) is 1.81. The van der Waals surface area contributed by atoms with Gasteiger partial charge in [-0.15, -0.1) is 0 Å². The third-order valence-electron chi connectivity index (χ3n) is 2.69. The standard InChI is InChI=1S/C12H16FNO2/c1-15-11-4-3-9(7-10(11)13)12-8-14-5-2-6-16-12/h3-4,7,12,14H,2,5-6,8H2,1H3. The number of nitrogens with one attached hydrogen (secondary N) is 1. The maximum absolute atomic E-state index is 13.5. The SMILES string of the molecule is COc1ccc(C2CNCCCO2)cc1F. The van der Waals surface area contributed by atoms with Crippen LogP contribution < -0.4 is 10.1 Å². The largest absolute Gasteiger partial charge is 0.494 e. The number of benzene rings is 1. The zero-order chi connectivity index (χ0) is 11.4. The van der Waals surface area contributed by atoms with Crippen molar-refractivity contribution < 1.29 is 13.9 Å². The molecule has 0 spiro atoms. The van der Waals surface area contributed by atoms with E-state index in [2.05, 4.69) is 5.32 Å². The quantitative estimate of drug-likeness (QED) is 0.833. The first-order chi connectivity index (χ1) is 7.81. The van der Waals surface area contributed by atoms with Crippen molar-refractivity contribution in [2.75, 3.05) is 26.8 Å².